The summed E-state index contributed by atoms with van der Waals surface area (Å²) >= 11 is 0. The van der Waals surface area contributed by atoms with Crippen LogP contribution in [0.1, 0.15) is 91.4 Å². The minimum atomic E-state index is -4.45. The molecule has 4 aliphatic rings. The van der Waals surface area contributed by atoms with Gasteiger partial charge in [-0.3, -0.25) is 4.55 Å². The maximum absolute atomic E-state index is 11.4. The van der Waals surface area contributed by atoms with E-state index in [9.17, 15) is 23.2 Å². The zero-order valence-corrected chi connectivity index (χ0v) is 22.1. The molecule has 0 aromatic heterocycles. The Labute approximate surface area is 206 Å². The highest BCUT2D eigenvalue weighted by molar-refractivity contribution is 7.80. The quantitative estimate of drug-likeness (QED) is 0.315. The van der Waals surface area contributed by atoms with E-state index in [-0.39, 0.29) is 29.3 Å². The smallest absolute Gasteiger partial charge is 0.390 e. The van der Waals surface area contributed by atoms with Crippen molar-refractivity contribution in [1.82, 2.24) is 0 Å². The number of allylic oxidation sites excluding steroid dienone is 1. The van der Waals surface area contributed by atoms with Crippen molar-refractivity contribution in [1.29, 1.82) is 0 Å². The fourth-order valence-corrected chi connectivity index (χ4v) is 9.72. The summed E-state index contributed by atoms with van der Waals surface area (Å²) in [4.78, 5) is 0. The van der Waals surface area contributed by atoms with E-state index in [0.717, 1.165) is 69.8 Å². The first-order valence-corrected chi connectivity index (χ1v) is 14.9. The lowest BCUT2D eigenvalue weighted by molar-refractivity contribution is -0.175. The minimum Gasteiger partial charge on any atom is -0.390 e. The molecule has 0 heterocycles. The van der Waals surface area contributed by atoms with Gasteiger partial charge in [-0.15, -0.1) is 6.58 Å². The lowest BCUT2D eigenvalue weighted by Crippen LogP contribution is -2.58. The molecule has 4 fully saturated rings. The number of aliphatic hydroxyl groups excluding tert-OH is 2. The Bertz CT molecular complexity index is 857. The van der Waals surface area contributed by atoms with E-state index >= 15 is 0 Å². The highest BCUT2D eigenvalue weighted by Crippen LogP contribution is 2.68. The molecule has 0 aliphatic heterocycles. The second-order valence-corrected chi connectivity index (χ2v) is 13.8. The molecule has 7 heteroatoms. The highest BCUT2D eigenvalue weighted by atomic mass is 32.3. The van der Waals surface area contributed by atoms with Crippen LogP contribution >= 0.6 is 0 Å². The van der Waals surface area contributed by atoms with E-state index in [4.69, 9.17) is 4.18 Å². The third-order valence-corrected chi connectivity index (χ3v) is 11.4. The van der Waals surface area contributed by atoms with Gasteiger partial charge in [0.2, 0.25) is 0 Å². The first-order chi connectivity index (χ1) is 15.9. The lowest BCUT2D eigenvalue weighted by Gasteiger charge is -2.62. The van der Waals surface area contributed by atoms with Crippen LogP contribution in [0.3, 0.4) is 0 Å². The largest absolute Gasteiger partial charge is 0.397 e. The van der Waals surface area contributed by atoms with Crippen molar-refractivity contribution >= 4 is 10.4 Å². The summed E-state index contributed by atoms with van der Waals surface area (Å²) in [6.45, 7) is 10.9. The summed E-state index contributed by atoms with van der Waals surface area (Å²) in [6.07, 6.45) is 9.88. The van der Waals surface area contributed by atoms with E-state index in [0.29, 0.717) is 30.1 Å². The van der Waals surface area contributed by atoms with Crippen LogP contribution in [-0.4, -0.2) is 42.0 Å². The van der Waals surface area contributed by atoms with E-state index in [1.807, 2.05) is 6.92 Å². The van der Waals surface area contributed by atoms with Gasteiger partial charge in [0.1, 0.15) is 0 Å². The Morgan fingerprint density at radius 1 is 1.00 bits per heavy atom. The zero-order chi connectivity index (χ0) is 24.9. The Kier molecular flexibility index (Phi) is 7.64. The Balaban J connectivity index is 1.53. The molecule has 4 saturated carbocycles. The summed E-state index contributed by atoms with van der Waals surface area (Å²) in [5.41, 5.74) is 1.37. The van der Waals surface area contributed by atoms with Crippen LogP contribution in [0.4, 0.5) is 0 Å². The monoisotopic (exact) mass is 498 g/mol. The molecule has 34 heavy (non-hydrogen) atoms. The van der Waals surface area contributed by atoms with Crippen LogP contribution in [0.5, 0.6) is 0 Å². The van der Waals surface area contributed by atoms with Gasteiger partial charge in [0.15, 0.2) is 0 Å². The van der Waals surface area contributed by atoms with Gasteiger partial charge in [0.05, 0.1) is 18.8 Å². The van der Waals surface area contributed by atoms with Gasteiger partial charge in [0, 0.05) is 0 Å². The fraction of sp³-hybridized carbons (Fsp3) is 0.926. The molecule has 0 spiro atoms. The Morgan fingerprint density at radius 2 is 1.65 bits per heavy atom. The van der Waals surface area contributed by atoms with Crippen molar-refractivity contribution in [2.24, 2.45) is 46.3 Å². The number of hydrogen-bond donors (Lipinski definition) is 3. The van der Waals surface area contributed by atoms with Gasteiger partial charge >= 0.3 is 10.4 Å². The van der Waals surface area contributed by atoms with Gasteiger partial charge in [-0.1, -0.05) is 19.4 Å². The molecule has 0 amide bonds. The molecule has 4 rings (SSSR count). The van der Waals surface area contributed by atoms with E-state index < -0.39 is 22.6 Å². The predicted molar refractivity (Wildman–Crippen MR) is 132 cm³/mol. The van der Waals surface area contributed by atoms with Crippen LogP contribution in [-0.2, 0) is 14.6 Å². The van der Waals surface area contributed by atoms with Crippen molar-refractivity contribution in [2.75, 3.05) is 6.61 Å². The van der Waals surface area contributed by atoms with Gasteiger partial charge in [-0.05, 0) is 124 Å². The summed E-state index contributed by atoms with van der Waals surface area (Å²) in [6, 6.07) is 0. The highest BCUT2D eigenvalue weighted by Gasteiger charge is 2.62. The average Bonchev–Trinajstić information content (AvgIpc) is 3.10. The van der Waals surface area contributed by atoms with Crippen molar-refractivity contribution in [3.05, 3.63) is 12.2 Å². The van der Waals surface area contributed by atoms with Crippen LogP contribution in [0, 0.1) is 46.3 Å². The van der Waals surface area contributed by atoms with Crippen LogP contribution < -0.4 is 0 Å². The second kappa shape index (κ2) is 9.77. The van der Waals surface area contributed by atoms with Crippen molar-refractivity contribution in [2.45, 2.75) is 104 Å². The molecule has 0 radical (unpaired) electrons. The number of fused-ring (bicyclic) bond motifs is 5. The number of hydrogen-bond acceptors (Lipinski definition) is 5. The molecule has 196 valence electrons. The molecule has 0 unspecified atom stereocenters. The minimum absolute atomic E-state index is 0.0555. The maximum atomic E-state index is 11.4. The first kappa shape index (κ1) is 26.6. The fourth-order valence-electron chi connectivity index (χ4n) is 9.37. The molecule has 0 bridgehead atoms. The topological polar surface area (TPSA) is 104 Å². The van der Waals surface area contributed by atoms with E-state index in [1.54, 1.807) is 0 Å². The summed E-state index contributed by atoms with van der Waals surface area (Å²) in [7, 11) is -4.45. The summed E-state index contributed by atoms with van der Waals surface area (Å²) < 4.78 is 37.0. The first-order valence-electron chi connectivity index (χ1n) is 13.5. The summed E-state index contributed by atoms with van der Waals surface area (Å²) in [5, 5.41) is 21.1. The van der Waals surface area contributed by atoms with Crippen molar-refractivity contribution < 1.29 is 27.4 Å². The van der Waals surface area contributed by atoms with Gasteiger partial charge < -0.3 is 10.2 Å². The molecule has 0 aromatic rings. The molecule has 0 saturated heterocycles. The third-order valence-electron chi connectivity index (χ3n) is 11.0. The Morgan fingerprint density at radius 3 is 2.32 bits per heavy atom. The van der Waals surface area contributed by atoms with Gasteiger partial charge in [-0.2, -0.15) is 8.42 Å². The summed E-state index contributed by atoms with van der Waals surface area (Å²) in [5.74, 6) is 2.50. The Hall–Kier alpha value is -0.470. The standard InChI is InChI=1S/C27H46O6S/c1-17(2)6-5-7-18(16-33-34(30,31)32)20-10-11-21-19-8-9-23-25(29)24(28)13-15-27(23,4)22(19)12-14-26(20,21)3/h18-25,28-29H,1,5-16H2,2-4H3,(H,30,31,32)/t18-,19-,20+,21-,22-,23+,24+,25-,26+,27+/m0/s1. The maximum Gasteiger partial charge on any atom is 0.397 e. The van der Waals surface area contributed by atoms with Gasteiger partial charge in [0.25, 0.3) is 0 Å². The van der Waals surface area contributed by atoms with Crippen molar-refractivity contribution in [3.63, 3.8) is 0 Å². The number of aliphatic hydroxyl groups is 2. The molecule has 3 N–H and O–H groups in total. The predicted octanol–water partition coefficient (Wildman–Crippen LogP) is 5.16. The third kappa shape index (κ3) is 4.89. The van der Waals surface area contributed by atoms with E-state index in [2.05, 4.69) is 20.4 Å². The van der Waals surface area contributed by atoms with Crippen LogP contribution in [0.25, 0.3) is 0 Å². The lowest BCUT2D eigenvalue weighted by atomic mass is 9.44. The molecule has 0 aromatic carbocycles. The van der Waals surface area contributed by atoms with Crippen molar-refractivity contribution in [3.8, 4) is 0 Å². The molecule has 10 atom stereocenters. The molecule has 6 nitrogen and oxygen atoms in total. The molecular formula is C27H46O6S. The zero-order valence-electron chi connectivity index (χ0n) is 21.3. The molecule has 4 aliphatic carbocycles. The average molecular weight is 499 g/mol. The second-order valence-electron chi connectivity index (χ2n) is 12.7. The SMILES string of the molecule is C=C(C)CCC[C@@H](COS(=O)(=O)O)[C@H]1CC[C@H]2[C@@H]3CC[C@@H]4[C@H](O)[C@H](O)CC[C@]4(C)[C@H]3CC[C@]12C. The van der Waals surface area contributed by atoms with Crippen LogP contribution in [0.15, 0.2) is 12.2 Å². The van der Waals surface area contributed by atoms with Gasteiger partial charge in [-0.25, -0.2) is 4.18 Å². The molecular weight excluding hydrogens is 452 g/mol. The van der Waals surface area contributed by atoms with E-state index in [1.165, 1.54) is 0 Å². The number of rotatable bonds is 8. The normalized spacial score (nSPS) is 45.2. The van der Waals surface area contributed by atoms with Crippen LogP contribution in [0.2, 0.25) is 0 Å².